The largest absolute Gasteiger partial charge is 0.426 e. The van der Waals surface area contributed by atoms with Crippen molar-refractivity contribution >= 4 is 11.9 Å². The fourth-order valence-corrected chi connectivity index (χ4v) is 1.12. The fourth-order valence-electron chi connectivity index (χ4n) is 1.12. The van der Waals surface area contributed by atoms with Crippen LogP contribution in [0.1, 0.15) is 0 Å². The highest BCUT2D eigenvalue weighted by Gasteiger charge is 2.38. The number of ether oxygens (including phenoxy) is 4. The first-order chi connectivity index (χ1) is 7.58. The molecule has 0 amide bonds. The van der Waals surface area contributed by atoms with Crippen molar-refractivity contribution in [1.82, 2.24) is 0 Å². The molecule has 2 fully saturated rings. The van der Waals surface area contributed by atoms with Gasteiger partial charge in [0.15, 0.2) is 0 Å². The zero-order valence-corrected chi connectivity index (χ0v) is 8.33. The van der Waals surface area contributed by atoms with E-state index in [0.29, 0.717) is 13.2 Å². The van der Waals surface area contributed by atoms with E-state index in [4.69, 9.17) is 20.9 Å². The summed E-state index contributed by atoms with van der Waals surface area (Å²) in [6.07, 6.45) is -1.76. The van der Waals surface area contributed by atoms with E-state index in [1.807, 2.05) is 0 Å². The predicted octanol–water partition coefficient (Wildman–Crippen LogP) is -2.56. The normalized spacial score (nSPS) is 36.9. The molecule has 2 aliphatic heterocycles. The molecule has 2 heterocycles. The Morgan fingerprint density at radius 2 is 1.31 bits per heavy atom. The molecule has 0 aromatic carbocycles. The molecular formula is C8H12N2O6. The van der Waals surface area contributed by atoms with Crippen molar-refractivity contribution in [3.05, 3.63) is 0 Å². The van der Waals surface area contributed by atoms with Gasteiger partial charge >= 0.3 is 11.9 Å². The molecule has 0 radical (unpaired) electrons. The maximum atomic E-state index is 11.1. The van der Waals surface area contributed by atoms with E-state index in [1.54, 1.807) is 0 Å². The van der Waals surface area contributed by atoms with E-state index < -0.39 is 36.6 Å². The molecule has 2 saturated heterocycles. The van der Waals surface area contributed by atoms with Gasteiger partial charge in [-0.1, -0.05) is 0 Å². The lowest BCUT2D eigenvalue weighted by atomic mass is 10.2. The molecule has 0 unspecified atom stereocenters. The molecule has 2 rings (SSSR count). The van der Waals surface area contributed by atoms with E-state index in [1.165, 1.54) is 0 Å². The average Bonchev–Trinajstić information content (AvgIpc) is 2.28. The lowest BCUT2D eigenvalue weighted by molar-refractivity contribution is -0.245. The van der Waals surface area contributed by atoms with Crippen LogP contribution in [0, 0.1) is 0 Å². The van der Waals surface area contributed by atoms with Gasteiger partial charge in [0.25, 0.3) is 0 Å². The van der Waals surface area contributed by atoms with Crippen LogP contribution in [0.2, 0.25) is 0 Å². The summed E-state index contributed by atoms with van der Waals surface area (Å²) in [6.45, 7) is 0.590. The van der Waals surface area contributed by atoms with Crippen LogP contribution in [0.4, 0.5) is 0 Å². The molecule has 4 N–H and O–H groups in total. The number of hydrogen-bond donors (Lipinski definition) is 2. The Bertz CT molecular complexity index is 279. The Labute approximate surface area is 90.7 Å². The van der Waals surface area contributed by atoms with Gasteiger partial charge in [0.1, 0.15) is 0 Å². The molecule has 4 atom stereocenters. The molecule has 0 saturated carbocycles. The SMILES string of the molecule is N[C@H]1CO[C@H]1OC(=O)C(=O)O[C@@H]1OC[C@@H]1N. The molecule has 90 valence electrons. The van der Waals surface area contributed by atoms with Gasteiger partial charge in [0.05, 0.1) is 25.3 Å². The summed E-state index contributed by atoms with van der Waals surface area (Å²) < 4.78 is 18.8. The average molecular weight is 232 g/mol. The summed E-state index contributed by atoms with van der Waals surface area (Å²) in [7, 11) is 0. The van der Waals surface area contributed by atoms with Crippen LogP contribution in [-0.2, 0) is 28.5 Å². The zero-order valence-electron chi connectivity index (χ0n) is 8.33. The zero-order chi connectivity index (χ0) is 11.7. The van der Waals surface area contributed by atoms with E-state index in [2.05, 4.69) is 9.47 Å². The maximum absolute atomic E-state index is 11.1. The summed E-state index contributed by atoms with van der Waals surface area (Å²) in [4.78, 5) is 22.3. The van der Waals surface area contributed by atoms with Gasteiger partial charge in [-0.3, -0.25) is 0 Å². The number of rotatable bonds is 2. The Kier molecular flexibility index (Phi) is 3.06. The van der Waals surface area contributed by atoms with Crippen molar-refractivity contribution in [2.45, 2.75) is 24.7 Å². The van der Waals surface area contributed by atoms with Crippen molar-refractivity contribution < 1.29 is 28.5 Å². The Balaban J connectivity index is 1.73. The highest BCUT2D eigenvalue weighted by molar-refractivity contribution is 6.29. The summed E-state index contributed by atoms with van der Waals surface area (Å²) in [6, 6.07) is -0.807. The molecule has 8 heteroatoms. The standard InChI is InChI=1S/C8H12N2O6/c9-3-1-13-7(3)15-5(11)6(12)16-8-4(10)2-14-8/h3-4,7-8H,1-2,9-10H2/t3-,4-,7-,8-/m0/s1. The Morgan fingerprint density at radius 3 is 1.50 bits per heavy atom. The second kappa shape index (κ2) is 4.34. The highest BCUT2D eigenvalue weighted by Crippen LogP contribution is 2.14. The van der Waals surface area contributed by atoms with Crippen molar-refractivity contribution in [3.63, 3.8) is 0 Å². The van der Waals surface area contributed by atoms with Gasteiger partial charge in [-0.15, -0.1) is 0 Å². The minimum absolute atomic E-state index is 0.295. The van der Waals surface area contributed by atoms with Crippen LogP contribution >= 0.6 is 0 Å². The van der Waals surface area contributed by atoms with Crippen molar-refractivity contribution in [2.24, 2.45) is 11.5 Å². The molecule has 0 aromatic rings. The van der Waals surface area contributed by atoms with E-state index in [0.717, 1.165) is 0 Å². The summed E-state index contributed by atoms with van der Waals surface area (Å²) >= 11 is 0. The first kappa shape index (κ1) is 11.3. The van der Waals surface area contributed by atoms with Gasteiger partial charge in [-0.2, -0.15) is 0 Å². The minimum Gasteiger partial charge on any atom is -0.426 e. The monoisotopic (exact) mass is 232 g/mol. The molecule has 16 heavy (non-hydrogen) atoms. The van der Waals surface area contributed by atoms with E-state index >= 15 is 0 Å². The summed E-state index contributed by atoms with van der Waals surface area (Å²) in [5, 5.41) is 0. The van der Waals surface area contributed by atoms with Gasteiger partial charge < -0.3 is 30.4 Å². The number of esters is 2. The lowest BCUT2D eigenvalue weighted by Crippen LogP contribution is -2.56. The number of carbonyl (C=O) groups is 2. The molecular weight excluding hydrogens is 220 g/mol. The molecule has 0 aromatic heterocycles. The third kappa shape index (κ3) is 2.14. The fraction of sp³-hybridized carbons (Fsp3) is 0.750. The summed E-state index contributed by atoms with van der Waals surface area (Å²) in [5.41, 5.74) is 10.9. The molecule has 0 spiro atoms. The Morgan fingerprint density at radius 1 is 0.938 bits per heavy atom. The van der Waals surface area contributed by atoms with Crippen LogP contribution in [0.5, 0.6) is 0 Å². The molecule has 0 bridgehead atoms. The molecule has 0 aliphatic carbocycles. The van der Waals surface area contributed by atoms with Crippen LogP contribution in [0.3, 0.4) is 0 Å². The maximum Gasteiger partial charge on any atom is 0.419 e. The molecule has 8 nitrogen and oxygen atoms in total. The number of nitrogens with two attached hydrogens (primary N) is 2. The van der Waals surface area contributed by atoms with E-state index in [-0.39, 0.29) is 0 Å². The third-order valence-corrected chi connectivity index (χ3v) is 2.22. The lowest BCUT2D eigenvalue weighted by Gasteiger charge is -2.34. The first-order valence-electron chi connectivity index (χ1n) is 4.74. The van der Waals surface area contributed by atoms with Gasteiger partial charge in [-0.05, 0) is 0 Å². The van der Waals surface area contributed by atoms with Crippen molar-refractivity contribution in [1.29, 1.82) is 0 Å². The highest BCUT2D eigenvalue weighted by atomic mass is 16.8. The van der Waals surface area contributed by atoms with Crippen LogP contribution in [-0.4, -0.2) is 49.8 Å². The third-order valence-electron chi connectivity index (χ3n) is 2.22. The number of hydrogen-bond acceptors (Lipinski definition) is 8. The van der Waals surface area contributed by atoms with E-state index in [9.17, 15) is 9.59 Å². The van der Waals surface area contributed by atoms with Crippen molar-refractivity contribution in [3.8, 4) is 0 Å². The quantitative estimate of drug-likeness (QED) is 0.393. The Hall–Kier alpha value is -1.22. The topological polar surface area (TPSA) is 123 Å². The van der Waals surface area contributed by atoms with Gasteiger partial charge in [0, 0.05) is 0 Å². The van der Waals surface area contributed by atoms with Gasteiger partial charge in [-0.25, -0.2) is 9.59 Å². The van der Waals surface area contributed by atoms with Crippen molar-refractivity contribution in [2.75, 3.05) is 13.2 Å². The minimum atomic E-state index is -1.16. The van der Waals surface area contributed by atoms with Crippen LogP contribution < -0.4 is 11.5 Å². The van der Waals surface area contributed by atoms with Gasteiger partial charge in [0.2, 0.25) is 12.6 Å². The summed E-state index contributed by atoms with van der Waals surface area (Å²) in [5.74, 6) is -2.33. The van der Waals surface area contributed by atoms with Crippen LogP contribution in [0.15, 0.2) is 0 Å². The second-order valence-corrected chi connectivity index (χ2v) is 3.54. The smallest absolute Gasteiger partial charge is 0.419 e. The first-order valence-corrected chi connectivity index (χ1v) is 4.74. The predicted molar refractivity (Wildman–Crippen MR) is 47.6 cm³/mol. The molecule has 2 aliphatic rings. The second-order valence-electron chi connectivity index (χ2n) is 3.54. The van der Waals surface area contributed by atoms with Crippen LogP contribution in [0.25, 0.3) is 0 Å². The number of carbonyl (C=O) groups excluding carboxylic acids is 2.